The Morgan fingerprint density at radius 2 is 1.81 bits per heavy atom. The van der Waals surface area contributed by atoms with Gasteiger partial charge in [0, 0.05) is 22.1 Å². The molecule has 2 heterocycles. The normalized spacial score (nSPS) is 10.5. The van der Waals surface area contributed by atoms with Gasteiger partial charge in [0.2, 0.25) is 0 Å². The third kappa shape index (κ3) is 2.11. The SMILES string of the molecule is Cc1cc(Br)cnc1Nn1c(C)ccc1C. The number of nitrogens with one attached hydrogen (secondary N) is 1. The number of pyridine rings is 1. The van der Waals surface area contributed by atoms with Gasteiger partial charge in [0.15, 0.2) is 0 Å². The maximum atomic E-state index is 4.36. The highest BCUT2D eigenvalue weighted by Gasteiger charge is 2.04. The number of anilines is 1. The van der Waals surface area contributed by atoms with E-state index >= 15 is 0 Å². The van der Waals surface area contributed by atoms with Crippen LogP contribution in [0, 0.1) is 20.8 Å². The lowest BCUT2D eigenvalue weighted by Crippen LogP contribution is -2.14. The van der Waals surface area contributed by atoms with Crippen LogP contribution in [0.5, 0.6) is 0 Å². The molecule has 0 fully saturated rings. The molecular formula is C12H14BrN3. The molecule has 0 bridgehead atoms. The van der Waals surface area contributed by atoms with Crippen molar-refractivity contribution >= 4 is 21.7 Å². The lowest BCUT2D eigenvalue weighted by molar-refractivity contribution is 0.867. The Balaban J connectivity index is 2.34. The molecule has 0 saturated carbocycles. The second kappa shape index (κ2) is 4.29. The zero-order valence-corrected chi connectivity index (χ0v) is 11.2. The number of rotatable bonds is 2. The van der Waals surface area contributed by atoms with Crippen LogP contribution in [0.15, 0.2) is 28.9 Å². The van der Waals surface area contributed by atoms with Crippen LogP contribution in [0.3, 0.4) is 0 Å². The van der Waals surface area contributed by atoms with Crippen molar-refractivity contribution in [3.05, 3.63) is 45.8 Å². The standard InChI is InChI=1S/C12H14BrN3/c1-8-6-11(13)7-14-12(8)15-16-9(2)4-5-10(16)3/h4-7H,1-3H3,(H,14,15). The fourth-order valence-electron chi connectivity index (χ4n) is 1.61. The fourth-order valence-corrected chi connectivity index (χ4v) is 2.05. The van der Waals surface area contributed by atoms with Gasteiger partial charge in [-0.2, -0.15) is 0 Å². The Bertz CT molecular complexity index is 497. The van der Waals surface area contributed by atoms with Gasteiger partial charge in [-0.3, -0.25) is 10.1 Å². The first kappa shape index (κ1) is 11.2. The average molecular weight is 280 g/mol. The van der Waals surface area contributed by atoms with Crippen molar-refractivity contribution in [1.29, 1.82) is 0 Å². The summed E-state index contributed by atoms with van der Waals surface area (Å²) in [6, 6.07) is 6.20. The molecule has 0 spiro atoms. The molecule has 2 aromatic rings. The van der Waals surface area contributed by atoms with Crippen LogP contribution >= 0.6 is 15.9 Å². The van der Waals surface area contributed by atoms with E-state index in [0.29, 0.717) is 0 Å². The van der Waals surface area contributed by atoms with Crippen LogP contribution in [-0.4, -0.2) is 9.66 Å². The molecule has 2 rings (SSSR count). The summed E-state index contributed by atoms with van der Waals surface area (Å²) in [5, 5.41) is 0. The Kier molecular flexibility index (Phi) is 3.01. The number of hydrogen-bond donors (Lipinski definition) is 1. The number of aromatic nitrogens is 2. The van der Waals surface area contributed by atoms with E-state index in [1.54, 1.807) is 6.20 Å². The summed E-state index contributed by atoms with van der Waals surface area (Å²) in [6.45, 7) is 6.16. The number of aryl methyl sites for hydroxylation is 3. The summed E-state index contributed by atoms with van der Waals surface area (Å²) in [6.07, 6.45) is 1.80. The lowest BCUT2D eigenvalue weighted by atomic mass is 10.3. The van der Waals surface area contributed by atoms with Gasteiger partial charge in [0.25, 0.3) is 0 Å². The van der Waals surface area contributed by atoms with E-state index in [4.69, 9.17) is 0 Å². The molecule has 2 aromatic heterocycles. The number of halogens is 1. The van der Waals surface area contributed by atoms with Crippen molar-refractivity contribution < 1.29 is 0 Å². The van der Waals surface area contributed by atoms with Crippen molar-refractivity contribution in [2.75, 3.05) is 5.43 Å². The van der Waals surface area contributed by atoms with Crippen LogP contribution < -0.4 is 5.43 Å². The highest BCUT2D eigenvalue weighted by Crippen LogP contribution is 2.18. The summed E-state index contributed by atoms with van der Waals surface area (Å²) >= 11 is 3.41. The van der Waals surface area contributed by atoms with Gasteiger partial charge in [-0.1, -0.05) is 0 Å². The second-order valence-electron chi connectivity index (χ2n) is 3.88. The Morgan fingerprint density at radius 3 is 2.38 bits per heavy atom. The van der Waals surface area contributed by atoms with E-state index in [2.05, 4.69) is 52.3 Å². The molecule has 0 unspecified atom stereocenters. The van der Waals surface area contributed by atoms with Gasteiger partial charge < -0.3 is 0 Å². The van der Waals surface area contributed by atoms with E-state index in [0.717, 1.165) is 15.9 Å². The molecule has 3 nitrogen and oxygen atoms in total. The second-order valence-corrected chi connectivity index (χ2v) is 4.80. The van der Waals surface area contributed by atoms with E-state index < -0.39 is 0 Å². The molecule has 0 atom stereocenters. The highest BCUT2D eigenvalue weighted by molar-refractivity contribution is 9.10. The summed E-state index contributed by atoms with van der Waals surface area (Å²) in [5.41, 5.74) is 6.75. The van der Waals surface area contributed by atoms with Crippen LogP contribution in [0.1, 0.15) is 17.0 Å². The van der Waals surface area contributed by atoms with E-state index in [9.17, 15) is 0 Å². The zero-order valence-electron chi connectivity index (χ0n) is 9.58. The molecule has 0 amide bonds. The van der Waals surface area contributed by atoms with Gasteiger partial charge in [-0.05, 0) is 60.5 Å². The summed E-state index contributed by atoms with van der Waals surface area (Å²) in [7, 11) is 0. The zero-order chi connectivity index (χ0) is 11.7. The molecule has 84 valence electrons. The van der Waals surface area contributed by atoms with Gasteiger partial charge in [-0.15, -0.1) is 0 Å². The molecule has 0 saturated heterocycles. The Hall–Kier alpha value is -1.29. The first-order valence-corrected chi connectivity index (χ1v) is 5.91. The molecule has 0 aliphatic carbocycles. The Morgan fingerprint density at radius 1 is 1.19 bits per heavy atom. The van der Waals surface area contributed by atoms with E-state index in [-0.39, 0.29) is 0 Å². The predicted octanol–water partition coefficient (Wildman–Crippen LogP) is 3.45. The summed E-state index contributed by atoms with van der Waals surface area (Å²) in [4.78, 5) is 4.36. The van der Waals surface area contributed by atoms with Gasteiger partial charge in [-0.25, -0.2) is 4.98 Å². The minimum atomic E-state index is 0.880. The molecule has 0 radical (unpaired) electrons. The number of nitrogens with zero attached hydrogens (tertiary/aromatic N) is 2. The quantitative estimate of drug-likeness (QED) is 0.913. The third-order valence-electron chi connectivity index (χ3n) is 2.53. The van der Waals surface area contributed by atoms with Crippen molar-refractivity contribution in [2.24, 2.45) is 0 Å². The van der Waals surface area contributed by atoms with E-state index in [1.807, 2.05) is 17.7 Å². The average Bonchev–Trinajstić information content (AvgIpc) is 2.53. The third-order valence-corrected chi connectivity index (χ3v) is 2.97. The minimum absolute atomic E-state index is 0.880. The van der Waals surface area contributed by atoms with Gasteiger partial charge >= 0.3 is 0 Å². The van der Waals surface area contributed by atoms with Crippen LogP contribution in [-0.2, 0) is 0 Å². The lowest BCUT2D eigenvalue weighted by Gasteiger charge is -2.13. The predicted molar refractivity (Wildman–Crippen MR) is 69.6 cm³/mol. The number of hydrogen-bond acceptors (Lipinski definition) is 2. The smallest absolute Gasteiger partial charge is 0.147 e. The molecule has 0 aromatic carbocycles. The molecule has 0 aliphatic rings. The molecule has 16 heavy (non-hydrogen) atoms. The highest BCUT2D eigenvalue weighted by atomic mass is 79.9. The molecular weight excluding hydrogens is 266 g/mol. The maximum Gasteiger partial charge on any atom is 0.147 e. The van der Waals surface area contributed by atoms with Crippen molar-refractivity contribution in [1.82, 2.24) is 9.66 Å². The Labute approximate surface area is 104 Å². The molecule has 1 N–H and O–H groups in total. The van der Waals surface area contributed by atoms with Gasteiger partial charge in [0.05, 0.1) is 0 Å². The monoisotopic (exact) mass is 279 g/mol. The largest absolute Gasteiger partial charge is 0.277 e. The van der Waals surface area contributed by atoms with Crippen molar-refractivity contribution in [3.8, 4) is 0 Å². The molecule has 4 heteroatoms. The van der Waals surface area contributed by atoms with Gasteiger partial charge in [0.1, 0.15) is 5.82 Å². The van der Waals surface area contributed by atoms with Crippen LogP contribution in [0.2, 0.25) is 0 Å². The van der Waals surface area contributed by atoms with Crippen molar-refractivity contribution in [2.45, 2.75) is 20.8 Å². The van der Waals surface area contributed by atoms with Crippen LogP contribution in [0.4, 0.5) is 5.82 Å². The topological polar surface area (TPSA) is 29.9 Å². The minimum Gasteiger partial charge on any atom is -0.277 e. The first-order chi connectivity index (χ1) is 7.58. The fraction of sp³-hybridized carbons (Fsp3) is 0.250. The molecule has 0 aliphatic heterocycles. The van der Waals surface area contributed by atoms with Crippen LogP contribution in [0.25, 0.3) is 0 Å². The first-order valence-electron chi connectivity index (χ1n) is 5.12. The van der Waals surface area contributed by atoms with Crippen molar-refractivity contribution in [3.63, 3.8) is 0 Å². The maximum absolute atomic E-state index is 4.36. The summed E-state index contributed by atoms with van der Waals surface area (Å²) < 4.78 is 3.03. The van der Waals surface area contributed by atoms with E-state index in [1.165, 1.54) is 11.4 Å². The summed E-state index contributed by atoms with van der Waals surface area (Å²) in [5.74, 6) is 0.880.